The van der Waals surface area contributed by atoms with Crippen molar-refractivity contribution in [2.24, 2.45) is 18.9 Å². The lowest BCUT2D eigenvalue weighted by molar-refractivity contribution is 0.0455. The van der Waals surface area contributed by atoms with Crippen molar-refractivity contribution in [1.29, 1.82) is 0 Å². The zero-order valence-electron chi connectivity index (χ0n) is 25.4. The Labute approximate surface area is 267 Å². The summed E-state index contributed by atoms with van der Waals surface area (Å²) < 4.78 is 18.6. The smallest absolute Gasteiger partial charge is 0.410 e. The highest BCUT2D eigenvalue weighted by Gasteiger charge is 2.38. The van der Waals surface area contributed by atoms with Gasteiger partial charge in [-0.1, -0.05) is 23.7 Å². The molecule has 1 N–H and O–H groups in total. The number of aryl methyl sites for hydroxylation is 1. The van der Waals surface area contributed by atoms with Crippen LogP contribution in [-0.2, 0) is 21.3 Å². The van der Waals surface area contributed by atoms with Crippen LogP contribution >= 0.6 is 11.6 Å². The number of imidazole rings is 1. The van der Waals surface area contributed by atoms with E-state index in [2.05, 4.69) is 28.5 Å². The maximum atomic E-state index is 13.2. The number of ether oxygens (including phenoxy) is 3. The Hall–Kier alpha value is -3.89. The Morgan fingerprint density at radius 3 is 2.73 bits per heavy atom. The first-order valence-electron chi connectivity index (χ1n) is 15.8. The number of hydrogen-bond donors (Lipinski definition) is 1. The van der Waals surface area contributed by atoms with Crippen molar-refractivity contribution >= 4 is 35.4 Å². The molecule has 2 aromatic heterocycles. The largest absolute Gasteiger partial charge is 0.449 e. The number of likely N-dealkylation sites (tertiary alicyclic amines) is 1. The number of carbonyl (C=O) groups is 2. The average molecular weight is 632 g/mol. The third-order valence-electron chi connectivity index (χ3n) is 9.43. The molecule has 2 aliphatic carbocycles. The van der Waals surface area contributed by atoms with Crippen molar-refractivity contribution in [2.75, 3.05) is 32.9 Å². The number of rotatable bonds is 7. The van der Waals surface area contributed by atoms with Crippen molar-refractivity contribution < 1.29 is 23.8 Å². The molecule has 3 fully saturated rings. The van der Waals surface area contributed by atoms with Crippen LogP contribution in [0.1, 0.15) is 72.1 Å². The van der Waals surface area contributed by atoms with Crippen LogP contribution in [-0.4, -0.2) is 70.6 Å². The van der Waals surface area contributed by atoms with Gasteiger partial charge < -0.3 is 29.0 Å². The molecule has 45 heavy (non-hydrogen) atoms. The van der Waals surface area contributed by atoms with Crippen LogP contribution < -0.4 is 5.32 Å². The topological polar surface area (TPSA) is 108 Å². The van der Waals surface area contributed by atoms with Gasteiger partial charge in [0.1, 0.15) is 6.10 Å². The summed E-state index contributed by atoms with van der Waals surface area (Å²) in [5.74, 6) is 0.626. The quantitative estimate of drug-likeness (QED) is 0.342. The first-order chi connectivity index (χ1) is 21.9. The molecule has 11 heteroatoms. The molecule has 2 amide bonds. The Kier molecular flexibility index (Phi) is 8.51. The fourth-order valence-corrected chi connectivity index (χ4v) is 6.97. The van der Waals surface area contributed by atoms with E-state index < -0.39 is 12.1 Å². The van der Waals surface area contributed by atoms with Crippen LogP contribution in [0, 0.1) is 11.8 Å². The van der Waals surface area contributed by atoms with Gasteiger partial charge in [-0.15, -0.1) is 0 Å². The zero-order valence-corrected chi connectivity index (χ0v) is 26.1. The standard InChI is InChI=1S/C34H38ClN5O5/c1-39-20-36-17-29(39)32(38-33(41)44-18-21-4-5-21)28-15-23-3-2-11-37-31(23)30(26-7-6-24(35)16-27(26)28)22-8-12-40(13-9-22)34(42)45-25-10-14-43-19-25/h2-3,6-7,11,15-17,20-22,25,30,32H,4-5,8-10,12-14,18-19H2,1H3,(H,38,41). The molecule has 2 aliphatic heterocycles. The number of hydrogen-bond acceptors (Lipinski definition) is 7. The summed E-state index contributed by atoms with van der Waals surface area (Å²) >= 11 is 6.68. The molecule has 4 aliphatic rings. The molecule has 1 aromatic carbocycles. The number of fused-ring (bicyclic) bond motifs is 2. The van der Waals surface area contributed by atoms with Crippen LogP contribution in [0.3, 0.4) is 0 Å². The number of amides is 2. The van der Waals surface area contributed by atoms with Crippen molar-refractivity contribution in [1.82, 2.24) is 24.8 Å². The van der Waals surface area contributed by atoms with Gasteiger partial charge in [-0.05, 0) is 84.1 Å². The lowest BCUT2D eigenvalue weighted by Gasteiger charge is -2.36. The molecule has 3 atom stereocenters. The molecule has 7 rings (SSSR count). The lowest BCUT2D eigenvalue weighted by Crippen LogP contribution is -2.41. The second-order valence-electron chi connectivity index (χ2n) is 12.5. The average Bonchev–Trinajstić information content (AvgIpc) is 3.61. The molecule has 236 valence electrons. The van der Waals surface area contributed by atoms with E-state index in [1.165, 1.54) is 0 Å². The number of carbonyl (C=O) groups excluding carboxylic acids is 2. The van der Waals surface area contributed by atoms with Crippen LogP contribution in [0.4, 0.5) is 9.59 Å². The Morgan fingerprint density at radius 1 is 1.16 bits per heavy atom. The second kappa shape index (κ2) is 12.8. The van der Waals surface area contributed by atoms with Gasteiger partial charge in [0.15, 0.2) is 0 Å². The van der Waals surface area contributed by atoms with E-state index in [9.17, 15) is 9.59 Å². The number of pyridine rings is 1. The number of nitrogens with one attached hydrogen (secondary N) is 1. The van der Waals surface area contributed by atoms with Crippen molar-refractivity contribution in [2.45, 2.75) is 50.2 Å². The monoisotopic (exact) mass is 631 g/mol. The fraction of sp³-hybridized carbons (Fsp3) is 0.471. The number of nitrogens with zero attached hydrogens (tertiary/aromatic N) is 4. The van der Waals surface area contributed by atoms with Crippen molar-refractivity contribution in [3.05, 3.63) is 82.2 Å². The molecule has 1 saturated carbocycles. The summed E-state index contributed by atoms with van der Waals surface area (Å²) in [6.45, 7) is 2.72. The number of alkyl carbamates (subject to hydrolysis) is 1. The van der Waals surface area contributed by atoms with E-state index in [1.54, 1.807) is 12.5 Å². The van der Waals surface area contributed by atoms with Gasteiger partial charge in [0, 0.05) is 43.7 Å². The van der Waals surface area contributed by atoms with E-state index in [4.69, 9.17) is 30.8 Å². The van der Waals surface area contributed by atoms with Crippen molar-refractivity contribution in [3.8, 4) is 0 Å². The van der Waals surface area contributed by atoms with Crippen LogP contribution in [0.15, 0.2) is 49.1 Å². The van der Waals surface area contributed by atoms with Gasteiger partial charge in [-0.2, -0.15) is 0 Å². The van der Waals surface area contributed by atoms with Gasteiger partial charge in [0.25, 0.3) is 0 Å². The second-order valence-corrected chi connectivity index (χ2v) is 13.0. The maximum Gasteiger partial charge on any atom is 0.410 e. The SMILES string of the molecule is Cn1cncc1C(NC(=O)OCC1CC1)C1=Cc2cccnc2C(C2CCN(C(=O)OC3CCOC3)CC2)c2ccc(Cl)cc21. The summed E-state index contributed by atoms with van der Waals surface area (Å²) in [7, 11) is 1.92. The van der Waals surface area contributed by atoms with Gasteiger partial charge in [-0.3, -0.25) is 4.98 Å². The molecule has 0 radical (unpaired) electrons. The Bertz CT molecular complexity index is 1590. The number of halogens is 1. The highest BCUT2D eigenvalue weighted by molar-refractivity contribution is 6.30. The normalized spacial score (nSPS) is 22.1. The Balaban J connectivity index is 1.22. The minimum Gasteiger partial charge on any atom is -0.449 e. The molecule has 0 bridgehead atoms. The third-order valence-corrected chi connectivity index (χ3v) is 9.67. The van der Waals surface area contributed by atoms with E-state index in [0.29, 0.717) is 43.9 Å². The Morgan fingerprint density at radius 2 is 2.00 bits per heavy atom. The minimum atomic E-state index is -0.551. The molecule has 0 spiro atoms. The van der Waals surface area contributed by atoms with Gasteiger partial charge in [-0.25, -0.2) is 14.6 Å². The zero-order chi connectivity index (χ0) is 30.9. The van der Waals surface area contributed by atoms with Gasteiger partial charge >= 0.3 is 12.2 Å². The van der Waals surface area contributed by atoms with E-state index in [1.807, 2.05) is 40.9 Å². The summed E-state index contributed by atoms with van der Waals surface area (Å²) in [5.41, 5.74) is 5.69. The van der Waals surface area contributed by atoms with Gasteiger partial charge in [0.2, 0.25) is 0 Å². The van der Waals surface area contributed by atoms with Gasteiger partial charge in [0.05, 0.1) is 49.8 Å². The number of aromatic nitrogens is 3. The maximum absolute atomic E-state index is 13.2. The van der Waals surface area contributed by atoms with E-state index in [0.717, 1.165) is 65.8 Å². The van der Waals surface area contributed by atoms with Crippen molar-refractivity contribution in [3.63, 3.8) is 0 Å². The highest BCUT2D eigenvalue weighted by atomic mass is 35.5. The molecule has 2 saturated heterocycles. The highest BCUT2D eigenvalue weighted by Crippen LogP contribution is 2.47. The fourth-order valence-electron chi connectivity index (χ4n) is 6.80. The molecule has 10 nitrogen and oxygen atoms in total. The van der Waals surface area contributed by atoms with E-state index >= 15 is 0 Å². The molecular formula is C34H38ClN5O5. The molecular weight excluding hydrogens is 594 g/mol. The predicted octanol–water partition coefficient (Wildman–Crippen LogP) is 5.97. The number of piperidine rings is 1. The summed E-state index contributed by atoms with van der Waals surface area (Å²) in [4.78, 5) is 37.2. The molecule has 4 heterocycles. The van der Waals surface area contributed by atoms with E-state index in [-0.39, 0.29) is 24.0 Å². The summed E-state index contributed by atoms with van der Waals surface area (Å²) in [6.07, 6.45) is 11.1. The van der Waals surface area contributed by atoms with Crippen LogP contribution in [0.2, 0.25) is 5.02 Å². The lowest BCUT2D eigenvalue weighted by atomic mass is 9.75. The molecule has 3 aromatic rings. The molecule has 3 unspecified atom stereocenters. The minimum absolute atomic E-state index is 0.0439. The summed E-state index contributed by atoms with van der Waals surface area (Å²) in [5, 5.41) is 3.76. The van der Waals surface area contributed by atoms with Crippen LogP contribution in [0.25, 0.3) is 11.6 Å². The summed E-state index contributed by atoms with van der Waals surface area (Å²) in [6, 6.07) is 9.46. The first-order valence-corrected chi connectivity index (χ1v) is 16.2. The number of benzene rings is 1. The van der Waals surface area contributed by atoms with Crippen LogP contribution in [0.5, 0.6) is 0 Å². The first kappa shape index (κ1) is 29.8. The third kappa shape index (κ3) is 6.44. The predicted molar refractivity (Wildman–Crippen MR) is 169 cm³/mol.